The monoisotopic (exact) mass is 267 g/mol. The Hall–Kier alpha value is -1.42. The molecule has 0 bridgehead atoms. The maximum absolute atomic E-state index is 12.7. The fourth-order valence-corrected chi connectivity index (χ4v) is 2.22. The Kier molecular flexibility index (Phi) is 5.48. The molecular weight excluding hydrogens is 245 g/mol. The van der Waals surface area contributed by atoms with E-state index in [1.54, 1.807) is 19.1 Å². The lowest BCUT2D eigenvalue weighted by molar-refractivity contribution is -0.143. The summed E-state index contributed by atoms with van der Waals surface area (Å²) in [6, 6.07) is 6.48. The van der Waals surface area contributed by atoms with Crippen molar-refractivity contribution in [3.05, 3.63) is 35.6 Å². The summed E-state index contributed by atoms with van der Waals surface area (Å²) < 4.78 is 12.7. The van der Waals surface area contributed by atoms with E-state index in [-0.39, 0.29) is 11.7 Å². The third-order valence-electron chi connectivity index (χ3n) is 3.34. The van der Waals surface area contributed by atoms with Crippen LogP contribution in [-0.4, -0.2) is 16.6 Å². The van der Waals surface area contributed by atoms with Crippen molar-refractivity contribution in [2.75, 3.05) is 0 Å². The molecule has 0 heterocycles. The van der Waals surface area contributed by atoms with E-state index in [0.717, 1.165) is 24.8 Å². The molecule has 0 saturated carbocycles. The predicted octanol–water partition coefficient (Wildman–Crippen LogP) is 2.98. The summed E-state index contributed by atoms with van der Waals surface area (Å²) in [6.07, 6.45) is 3.20. The number of aliphatic carboxylic acids is 1. The second-order valence-electron chi connectivity index (χ2n) is 5.55. The van der Waals surface area contributed by atoms with Crippen LogP contribution in [0.3, 0.4) is 0 Å². The van der Waals surface area contributed by atoms with Gasteiger partial charge in [0, 0.05) is 0 Å². The van der Waals surface area contributed by atoms with Crippen LogP contribution in [0.5, 0.6) is 0 Å². The highest BCUT2D eigenvalue weighted by Gasteiger charge is 2.29. The van der Waals surface area contributed by atoms with Crippen LogP contribution < -0.4 is 5.73 Å². The zero-order valence-electron chi connectivity index (χ0n) is 11.5. The Balaban J connectivity index is 2.33. The first-order valence-corrected chi connectivity index (χ1v) is 6.58. The van der Waals surface area contributed by atoms with Gasteiger partial charge in [0.2, 0.25) is 0 Å². The molecule has 19 heavy (non-hydrogen) atoms. The topological polar surface area (TPSA) is 63.3 Å². The molecule has 0 aromatic heterocycles. The van der Waals surface area contributed by atoms with E-state index in [9.17, 15) is 9.18 Å². The van der Waals surface area contributed by atoms with Crippen LogP contribution in [0, 0.1) is 11.7 Å². The number of benzene rings is 1. The minimum Gasteiger partial charge on any atom is -0.480 e. The molecule has 0 amide bonds. The summed E-state index contributed by atoms with van der Waals surface area (Å²) in [5.41, 5.74) is 5.66. The molecule has 0 radical (unpaired) electrons. The first-order valence-electron chi connectivity index (χ1n) is 6.58. The third kappa shape index (κ3) is 5.39. The molecule has 3 N–H and O–H groups in total. The van der Waals surface area contributed by atoms with Crippen LogP contribution in [0.2, 0.25) is 0 Å². The molecule has 0 spiro atoms. The van der Waals surface area contributed by atoms with Crippen molar-refractivity contribution in [2.24, 2.45) is 11.7 Å². The molecule has 0 aliphatic carbocycles. The standard InChI is InChI=1S/C15H22FNO2/c1-11(10-15(2,17)14(18)19)4-3-5-12-6-8-13(16)9-7-12/h6-9,11H,3-5,10,17H2,1-2H3,(H,18,19)/t11-,15-/m1/s1. The van der Waals surface area contributed by atoms with E-state index >= 15 is 0 Å². The average Bonchev–Trinajstić information content (AvgIpc) is 2.31. The first kappa shape index (κ1) is 15.6. The number of halogens is 1. The fourth-order valence-electron chi connectivity index (χ4n) is 2.22. The second kappa shape index (κ2) is 6.66. The largest absolute Gasteiger partial charge is 0.480 e. The molecule has 4 heteroatoms. The SMILES string of the molecule is C[C@H](CCCc1ccc(F)cc1)C[C@@](C)(N)C(=O)O. The highest BCUT2D eigenvalue weighted by Crippen LogP contribution is 2.20. The third-order valence-corrected chi connectivity index (χ3v) is 3.34. The Morgan fingerprint density at radius 2 is 2.00 bits per heavy atom. The maximum atomic E-state index is 12.7. The van der Waals surface area contributed by atoms with Crippen molar-refractivity contribution in [3.8, 4) is 0 Å². The molecule has 0 unspecified atom stereocenters. The maximum Gasteiger partial charge on any atom is 0.323 e. The quantitative estimate of drug-likeness (QED) is 0.798. The van der Waals surface area contributed by atoms with Crippen LogP contribution in [-0.2, 0) is 11.2 Å². The van der Waals surface area contributed by atoms with Gasteiger partial charge in [-0.25, -0.2) is 4.39 Å². The Morgan fingerprint density at radius 1 is 1.42 bits per heavy atom. The number of nitrogens with two attached hydrogens (primary N) is 1. The molecule has 1 rings (SSSR count). The van der Waals surface area contributed by atoms with Gasteiger partial charge in [-0.3, -0.25) is 4.79 Å². The molecule has 0 fully saturated rings. The van der Waals surface area contributed by atoms with Crippen molar-refractivity contribution >= 4 is 5.97 Å². The van der Waals surface area contributed by atoms with Crippen LogP contribution >= 0.6 is 0 Å². The van der Waals surface area contributed by atoms with Gasteiger partial charge in [-0.2, -0.15) is 0 Å². The van der Waals surface area contributed by atoms with Crippen molar-refractivity contribution in [3.63, 3.8) is 0 Å². The van der Waals surface area contributed by atoms with Crippen LogP contribution in [0.25, 0.3) is 0 Å². The molecule has 3 nitrogen and oxygen atoms in total. The highest BCUT2D eigenvalue weighted by molar-refractivity contribution is 5.77. The van der Waals surface area contributed by atoms with Crippen molar-refractivity contribution < 1.29 is 14.3 Å². The van der Waals surface area contributed by atoms with Gasteiger partial charge in [0.25, 0.3) is 0 Å². The van der Waals surface area contributed by atoms with Gasteiger partial charge < -0.3 is 10.8 Å². The highest BCUT2D eigenvalue weighted by atomic mass is 19.1. The molecule has 1 aromatic carbocycles. The second-order valence-corrected chi connectivity index (χ2v) is 5.55. The summed E-state index contributed by atoms with van der Waals surface area (Å²) in [7, 11) is 0. The van der Waals surface area contributed by atoms with Crippen molar-refractivity contribution in [2.45, 2.75) is 45.1 Å². The Labute approximate surface area is 113 Å². The lowest BCUT2D eigenvalue weighted by atomic mass is 9.87. The van der Waals surface area contributed by atoms with Gasteiger partial charge in [0.1, 0.15) is 11.4 Å². The minimum absolute atomic E-state index is 0.225. The van der Waals surface area contributed by atoms with Gasteiger partial charge in [-0.05, 0) is 49.8 Å². The molecular formula is C15H22FNO2. The number of carboxylic acid groups (broad SMARTS) is 1. The Bertz CT molecular complexity index is 415. The van der Waals surface area contributed by atoms with Crippen molar-refractivity contribution in [1.29, 1.82) is 0 Å². The lowest BCUT2D eigenvalue weighted by Crippen LogP contribution is -2.46. The van der Waals surface area contributed by atoms with E-state index in [1.807, 2.05) is 6.92 Å². The van der Waals surface area contributed by atoms with E-state index in [0.29, 0.717) is 6.42 Å². The molecule has 106 valence electrons. The normalized spacial score (nSPS) is 15.8. The zero-order chi connectivity index (χ0) is 14.5. The molecule has 0 aliphatic heterocycles. The van der Waals surface area contributed by atoms with Gasteiger partial charge in [-0.15, -0.1) is 0 Å². The van der Waals surface area contributed by atoms with Crippen molar-refractivity contribution in [1.82, 2.24) is 0 Å². The lowest BCUT2D eigenvalue weighted by Gasteiger charge is -2.23. The summed E-state index contributed by atoms with van der Waals surface area (Å²) in [5.74, 6) is -0.929. The summed E-state index contributed by atoms with van der Waals surface area (Å²) in [4.78, 5) is 10.9. The smallest absolute Gasteiger partial charge is 0.323 e. The minimum atomic E-state index is -1.16. The van der Waals surface area contributed by atoms with Crippen LogP contribution in [0.15, 0.2) is 24.3 Å². The van der Waals surface area contributed by atoms with E-state index in [2.05, 4.69) is 0 Å². The number of carboxylic acids is 1. The van der Waals surface area contributed by atoms with Crippen LogP contribution in [0.4, 0.5) is 4.39 Å². The first-order chi connectivity index (χ1) is 8.81. The molecule has 2 atom stereocenters. The molecule has 1 aromatic rings. The van der Waals surface area contributed by atoms with E-state index in [4.69, 9.17) is 10.8 Å². The number of aryl methyl sites for hydroxylation is 1. The van der Waals surface area contributed by atoms with Crippen LogP contribution in [0.1, 0.15) is 38.7 Å². The summed E-state index contributed by atoms with van der Waals surface area (Å²) in [6.45, 7) is 3.56. The number of hydrogen-bond donors (Lipinski definition) is 2. The summed E-state index contributed by atoms with van der Waals surface area (Å²) in [5, 5.41) is 8.96. The number of rotatable bonds is 7. The van der Waals surface area contributed by atoms with Gasteiger partial charge in [0.05, 0.1) is 0 Å². The summed E-state index contributed by atoms with van der Waals surface area (Å²) >= 11 is 0. The molecule has 0 aliphatic rings. The number of carbonyl (C=O) groups is 1. The zero-order valence-corrected chi connectivity index (χ0v) is 11.5. The van der Waals surface area contributed by atoms with E-state index in [1.165, 1.54) is 12.1 Å². The van der Waals surface area contributed by atoms with Gasteiger partial charge >= 0.3 is 5.97 Å². The Morgan fingerprint density at radius 3 is 2.53 bits per heavy atom. The fraction of sp³-hybridized carbons (Fsp3) is 0.533. The van der Waals surface area contributed by atoms with Gasteiger partial charge in [0.15, 0.2) is 0 Å². The number of hydrogen-bond acceptors (Lipinski definition) is 2. The predicted molar refractivity (Wildman–Crippen MR) is 73.3 cm³/mol. The molecule has 0 saturated heterocycles. The average molecular weight is 267 g/mol. The van der Waals surface area contributed by atoms with E-state index < -0.39 is 11.5 Å². The van der Waals surface area contributed by atoms with Gasteiger partial charge in [-0.1, -0.05) is 25.5 Å².